The van der Waals surface area contributed by atoms with Gasteiger partial charge in [-0.2, -0.15) is 25.5 Å². The molecule has 0 aliphatic heterocycles. The van der Waals surface area contributed by atoms with Gasteiger partial charge in [-0.1, -0.05) is 115 Å². The number of anilines is 2. The fourth-order valence-electron chi connectivity index (χ4n) is 7.82. The predicted octanol–water partition coefficient (Wildman–Crippen LogP) is 14.4. The molecule has 6 aromatic rings. The van der Waals surface area contributed by atoms with Gasteiger partial charge in [0.05, 0.1) is 37.7 Å². The maximum absolute atomic E-state index is 9.84. The van der Waals surface area contributed by atoms with E-state index in [-0.39, 0.29) is 24.5 Å². The van der Waals surface area contributed by atoms with Crippen LogP contribution in [0, 0.1) is 65.0 Å². The highest BCUT2D eigenvalue weighted by Crippen LogP contribution is 2.31. The van der Waals surface area contributed by atoms with E-state index in [4.69, 9.17) is 45.0 Å². The molecule has 0 amide bonds. The van der Waals surface area contributed by atoms with E-state index in [0.717, 1.165) is 63.8 Å². The normalized spacial score (nSPS) is 9.96. The standard InChI is InChI=1S/C32H32N4OS.C21H29NOS.C12H4N4.CH4/c1-5-7-19-36(20-8-6-2)27-15-13-26(31(21-27)37-4)14-16-28-17-18-32(38-28)29(22-33)24-9-11-25(12-10-24)30(23-34)35-3;1-4-6-14-22(15-7-5-2)19-12-10-18(21(17-19)23-3)11-13-20-9-8-16-24-20;1-15-12(16-2)10-5-3-9(4-6-10)11(7-13)8-14;/h9-18,21H,5-8,19-20H2,1-2,4H3;8-13,16-17H,4-7,14-15H2,1-3H3;3-6H;1H4/b16-14+,29-24?,30-25?;13-11+;;. The van der Waals surface area contributed by atoms with Crippen LogP contribution in [0.1, 0.15) is 112 Å². The molecule has 0 saturated heterocycles. The average Bonchev–Trinajstić information content (AvgIpc) is 4.23. The molecule has 0 N–H and O–H groups in total. The maximum Gasteiger partial charge on any atom is 0.526 e. The highest BCUT2D eigenvalue weighted by atomic mass is 32.1. The van der Waals surface area contributed by atoms with Gasteiger partial charge in [0.2, 0.25) is 0 Å². The Balaban J connectivity index is 0.000000341. The zero-order valence-corrected chi connectivity index (χ0v) is 47.1. The van der Waals surface area contributed by atoms with Gasteiger partial charge in [-0.15, -0.1) is 22.7 Å². The van der Waals surface area contributed by atoms with Gasteiger partial charge in [-0.3, -0.25) is 0 Å². The van der Waals surface area contributed by atoms with Crippen molar-refractivity contribution in [3.63, 3.8) is 0 Å². The molecular formula is C66H69N9O2S2. The number of unbranched alkanes of at least 4 members (excludes halogenated alkanes) is 4. The van der Waals surface area contributed by atoms with Crippen LogP contribution in [0.5, 0.6) is 11.5 Å². The minimum absolute atomic E-state index is 0. The van der Waals surface area contributed by atoms with E-state index in [0.29, 0.717) is 21.2 Å². The number of rotatable bonds is 21. The Kier molecular flexibility index (Phi) is 29.2. The molecule has 0 aliphatic rings. The Bertz CT molecular complexity index is 3390. The lowest BCUT2D eigenvalue weighted by Gasteiger charge is -2.25. The molecule has 13 heteroatoms. The molecule has 0 radical (unpaired) electrons. The van der Waals surface area contributed by atoms with Crippen LogP contribution in [0.4, 0.5) is 11.4 Å². The van der Waals surface area contributed by atoms with E-state index in [1.807, 2.05) is 30.4 Å². The van der Waals surface area contributed by atoms with Crippen LogP contribution in [0.2, 0.25) is 0 Å². The Hall–Kier alpha value is -9.13. The van der Waals surface area contributed by atoms with E-state index < -0.39 is 0 Å². The fraction of sp³-hybridized carbons (Fsp3) is 0.288. The second-order valence-electron chi connectivity index (χ2n) is 17.5. The van der Waals surface area contributed by atoms with E-state index in [1.54, 1.807) is 86.2 Å². The summed E-state index contributed by atoms with van der Waals surface area (Å²) in [4.78, 5) is 17.5. The van der Waals surface area contributed by atoms with Gasteiger partial charge in [0.15, 0.2) is 0 Å². The lowest BCUT2D eigenvalue weighted by molar-refractivity contribution is 0.413. The van der Waals surface area contributed by atoms with Crippen LogP contribution < -0.4 is 40.1 Å². The fourth-order valence-corrected chi connectivity index (χ4v) is 9.36. The maximum atomic E-state index is 9.84. The summed E-state index contributed by atoms with van der Waals surface area (Å²) in [5.41, 5.74) is 5.19. The molecule has 0 unspecified atom stereocenters. The molecule has 4 aromatic carbocycles. The molecule has 0 bridgehead atoms. The number of benzene rings is 4. The SMILES string of the molecule is C.CCCCN(CCCC)c1ccc(/C=C/c2cccs2)c(OC)c1.[C-]#[N+]C(C#N)=c1ccc(=C(C#N)c2ccc(/C=C/c3ccc(N(CCCC)CCCC)cc3OC)s2)cc1.[C-]#[N+]C([N+]#[C-])=c1ccc(=C(C#N)C#N)cc1. The first kappa shape index (κ1) is 64.2. The molecule has 2 aromatic heterocycles. The van der Waals surface area contributed by atoms with Gasteiger partial charge in [0, 0.05) is 80.7 Å². The number of thiophene rings is 2. The van der Waals surface area contributed by atoms with Crippen molar-refractivity contribution in [3.8, 4) is 35.8 Å². The largest absolute Gasteiger partial charge is 0.526 e. The quantitative estimate of drug-likeness (QED) is 0.0651. The molecule has 2 heterocycles. The third-order valence-electron chi connectivity index (χ3n) is 12.2. The smallest absolute Gasteiger partial charge is 0.496 e. The molecule has 402 valence electrons. The number of ether oxygens (including phenoxy) is 2. The number of nitriles is 4. The van der Waals surface area contributed by atoms with Crippen molar-refractivity contribution in [2.45, 2.75) is 86.5 Å². The second-order valence-corrected chi connectivity index (χ2v) is 19.6. The monoisotopic (exact) mass is 1080 g/mol. The van der Waals surface area contributed by atoms with Crippen molar-refractivity contribution >= 4 is 81.0 Å². The van der Waals surface area contributed by atoms with Crippen LogP contribution in [-0.4, -0.2) is 40.4 Å². The van der Waals surface area contributed by atoms with E-state index in [1.165, 1.54) is 79.0 Å². The third kappa shape index (κ3) is 19.8. The third-order valence-corrected chi connectivity index (χ3v) is 14.1. The number of methoxy groups -OCH3 is 2. The molecule has 79 heavy (non-hydrogen) atoms. The summed E-state index contributed by atoms with van der Waals surface area (Å²) in [6.07, 6.45) is 17.9. The van der Waals surface area contributed by atoms with Crippen LogP contribution >= 0.6 is 22.7 Å². The lowest BCUT2D eigenvalue weighted by atomic mass is 10.1. The second kappa shape index (κ2) is 36.0. The Morgan fingerprint density at radius 1 is 0.532 bits per heavy atom. The van der Waals surface area contributed by atoms with Crippen LogP contribution in [0.25, 0.3) is 61.5 Å². The molecule has 0 saturated carbocycles. The molecule has 6 rings (SSSR count). The van der Waals surface area contributed by atoms with E-state index in [9.17, 15) is 5.26 Å². The van der Waals surface area contributed by atoms with E-state index in [2.05, 4.69) is 124 Å². The molecule has 11 nitrogen and oxygen atoms in total. The number of nitrogens with zero attached hydrogens (tertiary/aromatic N) is 9. The highest BCUT2D eigenvalue weighted by Gasteiger charge is 2.12. The lowest BCUT2D eigenvalue weighted by Crippen LogP contribution is -2.25. The number of hydrogen-bond acceptors (Lipinski definition) is 10. The zero-order chi connectivity index (χ0) is 56.5. The molecule has 0 fully saturated rings. The average molecular weight is 1080 g/mol. The summed E-state index contributed by atoms with van der Waals surface area (Å²) >= 11 is 3.28. The van der Waals surface area contributed by atoms with Crippen LogP contribution in [-0.2, 0) is 0 Å². The minimum atomic E-state index is -0.0259. The van der Waals surface area contributed by atoms with Gasteiger partial charge in [0.1, 0.15) is 48.4 Å². The summed E-state index contributed by atoms with van der Waals surface area (Å²) in [6, 6.07) is 42.0. The van der Waals surface area contributed by atoms with Gasteiger partial charge >= 0.3 is 5.82 Å². The number of hydrogen-bond donors (Lipinski definition) is 0. The van der Waals surface area contributed by atoms with Gasteiger partial charge < -0.3 is 19.3 Å². The molecular weight excluding hydrogens is 1010 g/mol. The molecule has 0 aliphatic carbocycles. The summed E-state index contributed by atoms with van der Waals surface area (Å²) < 4.78 is 11.4. The molecule has 0 spiro atoms. The van der Waals surface area contributed by atoms with Crippen molar-refractivity contribution in [1.82, 2.24) is 0 Å². The summed E-state index contributed by atoms with van der Waals surface area (Å²) in [6.45, 7) is 33.9. The Morgan fingerprint density at radius 2 is 1.00 bits per heavy atom. The first-order valence-electron chi connectivity index (χ1n) is 25.9. The van der Waals surface area contributed by atoms with Crippen molar-refractivity contribution in [3.05, 3.63) is 195 Å². The van der Waals surface area contributed by atoms with Gasteiger partial charge in [-0.25, -0.2) is 10.1 Å². The van der Waals surface area contributed by atoms with Crippen molar-refractivity contribution in [2.24, 2.45) is 0 Å². The summed E-state index contributed by atoms with van der Waals surface area (Å²) in [7, 11) is 3.46. The van der Waals surface area contributed by atoms with Crippen LogP contribution in [0.3, 0.4) is 0 Å². The Labute approximate surface area is 476 Å². The first-order valence-corrected chi connectivity index (χ1v) is 27.6. The van der Waals surface area contributed by atoms with Gasteiger partial charge in [0.25, 0.3) is 5.70 Å². The first-order chi connectivity index (χ1) is 38.1. The van der Waals surface area contributed by atoms with Crippen molar-refractivity contribution in [1.29, 1.82) is 21.0 Å². The van der Waals surface area contributed by atoms with Gasteiger partial charge in [-0.05, 0) is 108 Å². The minimum Gasteiger partial charge on any atom is -0.496 e. The molecule has 0 atom stereocenters. The highest BCUT2D eigenvalue weighted by molar-refractivity contribution is 7.14. The van der Waals surface area contributed by atoms with E-state index >= 15 is 0 Å². The van der Waals surface area contributed by atoms with Crippen LogP contribution in [0.15, 0.2) is 115 Å². The summed E-state index contributed by atoms with van der Waals surface area (Å²) in [5, 5.41) is 40.6. The Morgan fingerprint density at radius 3 is 1.41 bits per heavy atom. The zero-order valence-electron chi connectivity index (χ0n) is 45.4. The van der Waals surface area contributed by atoms with Crippen molar-refractivity contribution < 1.29 is 9.47 Å². The summed E-state index contributed by atoms with van der Waals surface area (Å²) in [5.74, 6) is 1.76. The topological polar surface area (TPSA) is 133 Å². The van der Waals surface area contributed by atoms with Crippen molar-refractivity contribution in [2.75, 3.05) is 50.2 Å². The predicted molar refractivity (Wildman–Crippen MR) is 330 cm³/mol.